The van der Waals surface area contributed by atoms with Crippen LogP contribution in [0.2, 0.25) is 0 Å². The van der Waals surface area contributed by atoms with Crippen LogP contribution in [0, 0.1) is 55.4 Å². The monoisotopic (exact) mass is 520 g/mol. The third-order valence-corrected chi connectivity index (χ3v) is 6.83. The lowest BCUT2D eigenvalue weighted by atomic mass is 9.82. The average molecular weight is 521 g/mol. The second kappa shape index (κ2) is 12.4. The number of benzene rings is 2. The van der Waals surface area contributed by atoms with E-state index in [1.807, 2.05) is 27.7 Å². The molecule has 7 nitrogen and oxygen atoms in total. The van der Waals surface area contributed by atoms with Crippen molar-refractivity contribution in [3.63, 3.8) is 0 Å². The van der Waals surface area contributed by atoms with Gasteiger partial charge in [-0.2, -0.15) is 0 Å². The van der Waals surface area contributed by atoms with Crippen LogP contribution in [-0.2, 0) is 23.9 Å². The zero-order valence-corrected chi connectivity index (χ0v) is 23.9. The Bertz CT molecular complexity index is 1210. The number of carbonyl (C=O) groups excluding carboxylic acids is 3. The van der Waals surface area contributed by atoms with E-state index in [1.165, 1.54) is 18.8 Å². The zero-order chi connectivity index (χ0) is 28.9. The molecule has 0 aliphatic carbocycles. The van der Waals surface area contributed by atoms with Crippen LogP contribution in [0.4, 0.5) is 0 Å². The SMILES string of the molecule is C=C(C)C(=O)O/C=C\Oc1c(C)c(C)c(-c2c(C)c(C)c(O/C=C\OC(=O)C(C)=O)c(C)c2C)c(C)c1C. The van der Waals surface area contributed by atoms with Gasteiger partial charge < -0.3 is 18.9 Å². The molecule has 0 unspecified atom stereocenters. The Kier molecular flexibility index (Phi) is 9.83. The standard InChI is InChI=1S/C31H36O7/c1-16(2)30(33)37-14-12-35-28-21(7)17(3)26(18(4)22(28)8)27-19(5)23(9)29(24(10)20(27)6)36-13-15-38-31(34)25(11)32/h12-15H,1H2,2-11H3/b14-12-,15-13-. The van der Waals surface area contributed by atoms with Crippen molar-refractivity contribution >= 4 is 17.7 Å². The minimum atomic E-state index is -0.950. The molecule has 2 rings (SSSR count). The first-order valence-corrected chi connectivity index (χ1v) is 12.1. The maximum Gasteiger partial charge on any atom is 0.379 e. The van der Waals surface area contributed by atoms with E-state index in [1.54, 1.807) is 6.92 Å². The summed E-state index contributed by atoms with van der Waals surface area (Å²) in [7, 11) is 0. The van der Waals surface area contributed by atoms with Crippen LogP contribution in [0.5, 0.6) is 11.5 Å². The highest BCUT2D eigenvalue weighted by Gasteiger charge is 2.23. The molecule has 2 aromatic rings. The number of ketones is 1. The lowest BCUT2D eigenvalue weighted by molar-refractivity contribution is -0.148. The Labute approximate surface area is 224 Å². The molecule has 2 aromatic carbocycles. The smallest absolute Gasteiger partial charge is 0.379 e. The largest absolute Gasteiger partial charge is 0.461 e. The molecule has 0 spiro atoms. The van der Waals surface area contributed by atoms with Crippen LogP contribution in [0.15, 0.2) is 37.2 Å². The fraction of sp³-hybridized carbons (Fsp3) is 0.323. The van der Waals surface area contributed by atoms with Gasteiger partial charge in [0.25, 0.3) is 0 Å². The van der Waals surface area contributed by atoms with Crippen molar-refractivity contribution in [1.29, 1.82) is 0 Å². The molecular formula is C31H36O7. The van der Waals surface area contributed by atoms with Crippen molar-refractivity contribution in [3.05, 3.63) is 81.7 Å². The summed E-state index contributed by atoms with van der Waals surface area (Å²) in [6.07, 6.45) is 4.89. The number of hydrogen-bond acceptors (Lipinski definition) is 7. The Morgan fingerprint density at radius 2 is 0.842 bits per heavy atom. The van der Waals surface area contributed by atoms with Crippen LogP contribution >= 0.6 is 0 Å². The predicted molar refractivity (Wildman–Crippen MR) is 147 cm³/mol. The van der Waals surface area contributed by atoms with Crippen LogP contribution in [-0.4, -0.2) is 17.7 Å². The van der Waals surface area contributed by atoms with E-state index in [9.17, 15) is 14.4 Å². The van der Waals surface area contributed by atoms with Gasteiger partial charge in [0.05, 0.1) is 0 Å². The van der Waals surface area contributed by atoms with Gasteiger partial charge in [-0.15, -0.1) is 0 Å². The predicted octanol–water partition coefficient (Wildman–Crippen LogP) is 6.77. The quantitative estimate of drug-likeness (QED) is 0.156. The summed E-state index contributed by atoms with van der Waals surface area (Å²) in [4.78, 5) is 34.0. The maximum absolute atomic E-state index is 11.6. The fourth-order valence-electron chi connectivity index (χ4n) is 4.21. The molecule has 0 bridgehead atoms. The highest BCUT2D eigenvalue weighted by molar-refractivity contribution is 6.32. The molecule has 0 aliphatic rings. The minimum absolute atomic E-state index is 0.304. The van der Waals surface area contributed by atoms with Crippen molar-refractivity contribution in [3.8, 4) is 22.6 Å². The van der Waals surface area contributed by atoms with Crippen molar-refractivity contribution in [2.45, 2.75) is 69.2 Å². The number of esters is 2. The molecule has 0 heterocycles. The molecular weight excluding hydrogens is 484 g/mol. The normalized spacial score (nSPS) is 11.1. The summed E-state index contributed by atoms with van der Waals surface area (Å²) in [6, 6.07) is 0. The average Bonchev–Trinajstić information content (AvgIpc) is 2.86. The van der Waals surface area contributed by atoms with Crippen LogP contribution < -0.4 is 9.47 Å². The number of Topliss-reactive ketones (excluding diaryl/α,β-unsaturated/α-hetero) is 1. The van der Waals surface area contributed by atoms with Gasteiger partial charge in [-0.1, -0.05) is 6.58 Å². The van der Waals surface area contributed by atoms with E-state index in [0.717, 1.165) is 68.8 Å². The van der Waals surface area contributed by atoms with Crippen LogP contribution in [0.1, 0.15) is 58.4 Å². The molecule has 0 aliphatic heterocycles. The summed E-state index contributed by atoms with van der Waals surface area (Å²) >= 11 is 0. The summed E-state index contributed by atoms with van der Waals surface area (Å²) in [5, 5.41) is 0. The topological polar surface area (TPSA) is 88.1 Å². The second-order valence-electron chi connectivity index (χ2n) is 9.34. The van der Waals surface area contributed by atoms with Gasteiger partial charge in [-0.3, -0.25) is 4.79 Å². The first-order chi connectivity index (χ1) is 17.7. The van der Waals surface area contributed by atoms with Crippen molar-refractivity contribution in [2.75, 3.05) is 0 Å². The molecule has 0 N–H and O–H groups in total. The van der Waals surface area contributed by atoms with Gasteiger partial charge in [0, 0.05) is 12.5 Å². The van der Waals surface area contributed by atoms with E-state index in [0.29, 0.717) is 17.1 Å². The van der Waals surface area contributed by atoms with Gasteiger partial charge in [-0.05, 0) is 118 Å². The maximum atomic E-state index is 11.6. The van der Waals surface area contributed by atoms with Crippen molar-refractivity contribution in [1.82, 2.24) is 0 Å². The Morgan fingerprint density at radius 3 is 1.13 bits per heavy atom. The third kappa shape index (κ3) is 6.22. The number of hydrogen-bond donors (Lipinski definition) is 0. The van der Waals surface area contributed by atoms with E-state index in [4.69, 9.17) is 18.9 Å². The van der Waals surface area contributed by atoms with Gasteiger partial charge in [-0.25, -0.2) is 9.59 Å². The molecule has 38 heavy (non-hydrogen) atoms. The molecule has 0 amide bonds. The lowest BCUT2D eigenvalue weighted by Gasteiger charge is -2.25. The van der Waals surface area contributed by atoms with E-state index >= 15 is 0 Å². The number of carbonyl (C=O) groups is 3. The molecule has 0 saturated heterocycles. The van der Waals surface area contributed by atoms with Crippen LogP contribution in [0.3, 0.4) is 0 Å². The number of ether oxygens (including phenoxy) is 4. The summed E-state index contributed by atoms with van der Waals surface area (Å²) in [6.45, 7) is 22.5. The second-order valence-corrected chi connectivity index (χ2v) is 9.34. The van der Waals surface area contributed by atoms with Crippen LogP contribution in [0.25, 0.3) is 11.1 Å². The fourth-order valence-corrected chi connectivity index (χ4v) is 4.21. The molecule has 0 atom stereocenters. The number of rotatable bonds is 9. The highest BCUT2D eigenvalue weighted by atomic mass is 16.5. The van der Waals surface area contributed by atoms with Gasteiger partial charge in [0.2, 0.25) is 5.78 Å². The first-order valence-electron chi connectivity index (χ1n) is 12.1. The lowest BCUT2D eigenvalue weighted by Crippen LogP contribution is -2.10. The van der Waals surface area contributed by atoms with E-state index in [-0.39, 0.29) is 0 Å². The molecule has 0 fully saturated rings. The van der Waals surface area contributed by atoms with Gasteiger partial charge in [0.1, 0.15) is 36.5 Å². The van der Waals surface area contributed by atoms with Crippen molar-refractivity contribution in [2.24, 2.45) is 0 Å². The molecule has 0 radical (unpaired) electrons. The molecule has 202 valence electrons. The third-order valence-electron chi connectivity index (χ3n) is 6.83. The molecule has 0 aromatic heterocycles. The van der Waals surface area contributed by atoms with Gasteiger partial charge in [0.15, 0.2) is 0 Å². The Morgan fingerprint density at radius 1 is 0.526 bits per heavy atom. The van der Waals surface area contributed by atoms with E-state index < -0.39 is 17.7 Å². The minimum Gasteiger partial charge on any atom is -0.461 e. The summed E-state index contributed by atoms with van der Waals surface area (Å²) < 4.78 is 21.4. The Hall–Kier alpha value is -4.13. The van der Waals surface area contributed by atoms with Crippen molar-refractivity contribution < 1.29 is 33.3 Å². The van der Waals surface area contributed by atoms with Gasteiger partial charge >= 0.3 is 11.9 Å². The first kappa shape index (κ1) is 30.1. The summed E-state index contributed by atoms with van der Waals surface area (Å²) in [5.74, 6) is -0.781. The highest BCUT2D eigenvalue weighted by Crippen LogP contribution is 2.44. The summed E-state index contributed by atoms with van der Waals surface area (Å²) in [5.41, 5.74) is 10.7. The Balaban J connectivity index is 2.51. The zero-order valence-electron chi connectivity index (χ0n) is 23.9. The molecule has 0 saturated carbocycles. The van der Waals surface area contributed by atoms with E-state index in [2.05, 4.69) is 34.3 Å². The molecule has 7 heteroatoms.